The number of aromatic nitrogens is 3. The lowest BCUT2D eigenvalue weighted by atomic mass is 10.1. The lowest BCUT2D eigenvalue weighted by Crippen LogP contribution is -2.28. The molecule has 0 radical (unpaired) electrons. The number of carbonyl (C=O) groups excluding carboxylic acids is 1. The van der Waals surface area contributed by atoms with Crippen molar-refractivity contribution in [1.82, 2.24) is 19.9 Å². The van der Waals surface area contributed by atoms with Crippen LogP contribution in [0.5, 0.6) is 0 Å². The van der Waals surface area contributed by atoms with E-state index in [0.717, 1.165) is 41.7 Å². The van der Waals surface area contributed by atoms with Crippen LogP contribution in [0.25, 0.3) is 10.2 Å². The Morgan fingerprint density at radius 3 is 2.88 bits per heavy atom. The van der Waals surface area contributed by atoms with Crippen molar-refractivity contribution in [2.75, 3.05) is 18.4 Å². The average Bonchev–Trinajstić information content (AvgIpc) is 3.32. The number of nitrogens with zero attached hydrogens (tertiary/aromatic N) is 4. The lowest BCUT2D eigenvalue weighted by molar-refractivity contribution is 0.0789. The Kier molecular flexibility index (Phi) is 4.74. The smallest absolute Gasteiger partial charge is 0.274 e. The highest BCUT2D eigenvalue weighted by Gasteiger charge is 2.24. The standard InChI is InChI=1S/C18H18ClN5OS/c1-11(12-8-13(19)10-20-9-12)21-18-22-14-4-7-26-16(14)15(23-18)17(25)24-5-2-3-6-24/h4,7-11H,2-3,5-6H2,1H3,(H,21,22,23)/t11-/m0/s1. The van der Waals surface area contributed by atoms with Gasteiger partial charge in [-0.2, -0.15) is 0 Å². The Morgan fingerprint density at radius 2 is 2.12 bits per heavy atom. The summed E-state index contributed by atoms with van der Waals surface area (Å²) < 4.78 is 0.838. The van der Waals surface area contributed by atoms with Gasteiger partial charge in [-0.25, -0.2) is 9.97 Å². The first-order valence-corrected chi connectivity index (χ1v) is 9.79. The zero-order valence-corrected chi connectivity index (χ0v) is 15.8. The fourth-order valence-electron chi connectivity index (χ4n) is 3.09. The number of rotatable bonds is 4. The van der Waals surface area contributed by atoms with Gasteiger partial charge in [-0.05, 0) is 42.8 Å². The molecule has 0 aromatic carbocycles. The zero-order chi connectivity index (χ0) is 18.1. The van der Waals surface area contributed by atoms with Gasteiger partial charge in [0.25, 0.3) is 5.91 Å². The third kappa shape index (κ3) is 3.37. The number of anilines is 1. The number of hydrogen-bond acceptors (Lipinski definition) is 6. The van der Waals surface area contributed by atoms with Crippen LogP contribution < -0.4 is 5.32 Å². The summed E-state index contributed by atoms with van der Waals surface area (Å²) >= 11 is 7.52. The second-order valence-corrected chi connectivity index (χ2v) is 7.69. The first kappa shape index (κ1) is 17.2. The minimum Gasteiger partial charge on any atom is -0.348 e. The summed E-state index contributed by atoms with van der Waals surface area (Å²) in [6.07, 6.45) is 5.45. The molecule has 1 aliphatic rings. The number of likely N-dealkylation sites (tertiary alicyclic amines) is 1. The molecule has 26 heavy (non-hydrogen) atoms. The Morgan fingerprint density at radius 1 is 1.31 bits per heavy atom. The lowest BCUT2D eigenvalue weighted by Gasteiger charge is -2.17. The van der Waals surface area contributed by atoms with Crippen LogP contribution in [0.4, 0.5) is 5.95 Å². The van der Waals surface area contributed by atoms with E-state index in [0.29, 0.717) is 16.7 Å². The highest BCUT2D eigenvalue weighted by molar-refractivity contribution is 7.17. The maximum Gasteiger partial charge on any atom is 0.274 e. The summed E-state index contributed by atoms with van der Waals surface area (Å²) in [5.41, 5.74) is 2.19. The van der Waals surface area contributed by atoms with Gasteiger partial charge in [0.1, 0.15) is 0 Å². The summed E-state index contributed by atoms with van der Waals surface area (Å²) in [5.74, 6) is 0.420. The monoisotopic (exact) mass is 387 g/mol. The highest BCUT2D eigenvalue weighted by Crippen LogP contribution is 2.27. The van der Waals surface area contributed by atoms with Gasteiger partial charge in [0.2, 0.25) is 5.95 Å². The van der Waals surface area contributed by atoms with Gasteiger partial charge in [-0.15, -0.1) is 11.3 Å². The molecule has 1 aliphatic heterocycles. The quantitative estimate of drug-likeness (QED) is 0.728. The van der Waals surface area contributed by atoms with E-state index in [4.69, 9.17) is 11.6 Å². The molecule has 1 atom stereocenters. The largest absolute Gasteiger partial charge is 0.348 e. The first-order valence-electron chi connectivity index (χ1n) is 8.53. The number of amides is 1. The fraction of sp³-hybridized carbons (Fsp3) is 0.333. The first-order chi connectivity index (χ1) is 12.6. The van der Waals surface area contributed by atoms with Crippen LogP contribution >= 0.6 is 22.9 Å². The number of thiophene rings is 1. The number of fused-ring (bicyclic) bond motifs is 1. The molecule has 0 bridgehead atoms. The molecular weight excluding hydrogens is 370 g/mol. The third-order valence-corrected chi connectivity index (χ3v) is 5.59. The summed E-state index contributed by atoms with van der Waals surface area (Å²) in [5, 5.41) is 5.78. The van der Waals surface area contributed by atoms with E-state index in [1.165, 1.54) is 11.3 Å². The van der Waals surface area contributed by atoms with Crippen LogP contribution in [-0.4, -0.2) is 38.8 Å². The Labute approximate surface area is 160 Å². The molecule has 1 saturated heterocycles. The van der Waals surface area contributed by atoms with Crippen molar-refractivity contribution >= 4 is 45.0 Å². The molecule has 4 rings (SSSR count). The van der Waals surface area contributed by atoms with E-state index in [1.54, 1.807) is 12.4 Å². The molecule has 3 aromatic heterocycles. The van der Waals surface area contributed by atoms with Gasteiger partial charge in [-0.1, -0.05) is 11.6 Å². The number of pyridine rings is 1. The van der Waals surface area contributed by atoms with E-state index >= 15 is 0 Å². The molecule has 134 valence electrons. The average molecular weight is 388 g/mol. The number of carbonyl (C=O) groups is 1. The second kappa shape index (κ2) is 7.17. The highest BCUT2D eigenvalue weighted by atomic mass is 35.5. The van der Waals surface area contributed by atoms with E-state index in [2.05, 4.69) is 20.3 Å². The molecule has 4 heterocycles. The number of halogens is 1. The Bertz CT molecular complexity index is 954. The molecule has 0 unspecified atom stereocenters. The summed E-state index contributed by atoms with van der Waals surface area (Å²) in [4.78, 5) is 28.0. The molecule has 1 fully saturated rings. The molecule has 1 amide bonds. The topological polar surface area (TPSA) is 71.0 Å². The van der Waals surface area contributed by atoms with Crippen LogP contribution in [0.1, 0.15) is 41.9 Å². The molecule has 3 aromatic rings. The van der Waals surface area contributed by atoms with Crippen LogP contribution in [0.15, 0.2) is 29.9 Å². The van der Waals surface area contributed by atoms with Crippen molar-refractivity contribution in [1.29, 1.82) is 0 Å². The summed E-state index contributed by atoms with van der Waals surface area (Å²) in [6.45, 7) is 3.57. The van der Waals surface area contributed by atoms with E-state index in [-0.39, 0.29) is 11.9 Å². The predicted molar refractivity (Wildman–Crippen MR) is 104 cm³/mol. The molecule has 0 aliphatic carbocycles. The van der Waals surface area contributed by atoms with Gasteiger partial charge in [-0.3, -0.25) is 9.78 Å². The summed E-state index contributed by atoms with van der Waals surface area (Å²) in [7, 11) is 0. The molecule has 6 nitrogen and oxygen atoms in total. The SMILES string of the molecule is C[C@H](Nc1nc(C(=O)N2CCCC2)c2sccc2n1)c1cncc(Cl)c1. The number of hydrogen-bond donors (Lipinski definition) is 1. The normalized spacial score (nSPS) is 15.4. The van der Waals surface area contributed by atoms with Crippen molar-refractivity contribution in [3.63, 3.8) is 0 Å². The fourth-order valence-corrected chi connectivity index (χ4v) is 4.08. The van der Waals surface area contributed by atoms with E-state index in [9.17, 15) is 4.79 Å². The molecule has 1 N–H and O–H groups in total. The van der Waals surface area contributed by atoms with Gasteiger partial charge >= 0.3 is 0 Å². The molecule has 8 heteroatoms. The maximum absolute atomic E-state index is 12.9. The molecular formula is C18H18ClN5OS. The molecule has 0 saturated carbocycles. The minimum absolute atomic E-state index is 0.0162. The minimum atomic E-state index is -0.0907. The Balaban J connectivity index is 1.66. The van der Waals surface area contributed by atoms with Crippen molar-refractivity contribution < 1.29 is 4.79 Å². The van der Waals surface area contributed by atoms with Crippen LogP contribution in [0.2, 0.25) is 5.02 Å². The van der Waals surface area contributed by atoms with Gasteiger partial charge in [0.15, 0.2) is 5.69 Å². The summed E-state index contributed by atoms with van der Waals surface area (Å²) in [6, 6.07) is 3.68. The maximum atomic E-state index is 12.9. The third-order valence-electron chi connectivity index (χ3n) is 4.47. The van der Waals surface area contributed by atoms with E-state index < -0.39 is 0 Å². The Hall–Kier alpha value is -2.25. The van der Waals surface area contributed by atoms with Crippen LogP contribution in [0, 0.1) is 0 Å². The van der Waals surface area contributed by atoms with Gasteiger partial charge in [0.05, 0.1) is 21.3 Å². The van der Waals surface area contributed by atoms with Crippen LogP contribution in [0.3, 0.4) is 0 Å². The molecule has 0 spiro atoms. The van der Waals surface area contributed by atoms with E-state index in [1.807, 2.05) is 29.3 Å². The predicted octanol–water partition coefficient (Wildman–Crippen LogP) is 4.15. The number of nitrogens with one attached hydrogen (secondary N) is 1. The van der Waals surface area contributed by atoms with Crippen molar-refractivity contribution in [2.24, 2.45) is 0 Å². The van der Waals surface area contributed by atoms with Crippen molar-refractivity contribution in [3.05, 3.63) is 46.2 Å². The second-order valence-electron chi connectivity index (χ2n) is 6.33. The van der Waals surface area contributed by atoms with Crippen molar-refractivity contribution in [3.8, 4) is 0 Å². The van der Waals surface area contributed by atoms with Crippen molar-refractivity contribution in [2.45, 2.75) is 25.8 Å². The zero-order valence-electron chi connectivity index (χ0n) is 14.3. The van der Waals surface area contributed by atoms with Gasteiger partial charge < -0.3 is 10.2 Å². The van der Waals surface area contributed by atoms with Gasteiger partial charge in [0, 0.05) is 25.5 Å². The van der Waals surface area contributed by atoms with Crippen LogP contribution in [-0.2, 0) is 0 Å².